The van der Waals surface area contributed by atoms with Crippen LogP contribution >= 0.6 is 11.6 Å². The molecule has 0 unspecified atom stereocenters. The molecule has 2 saturated heterocycles. The third kappa shape index (κ3) is 2.86. The third-order valence-electron chi connectivity index (χ3n) is 4.59. The van der Waals surface area contributed by atoms with E-state index >= 15 is 0 Å². The van der Waals surface area contributed by atoms with Crippen molar-refractivity contribution in [3.63, 3.8) is 0 Å². The van der Waals surface area contributed by atoms with Gasteiger partial charge in [0.1, 0.15) is 5.82 Å². The van der Waals surface area contributed by atoms with Gasteiger partial charge in [-0.05, 0) is 24.6 Å². The summed E-state index contributed by atoms with van der Waals surface area (Å²) < 4.78 is 18.5. The van der Waals surface area contributed by atoms with Crippen LogP contribution in [0.4, 0.5) is 14.9 Å². The summed E-state index contributed by atoms with van der Waals surface area (Å²) in [5, 5.41) is 12.1. The highest BCUT2D eigenvalue weighted by Crippen LogP contribution is 2.42. The van der Waals surface area contributed by atoms with Gasteiger partial charge >= 0.3 is 12.0 Å². The number of ether oxygens (including phenoxy) is 1. The van der Waals surface area contributed by atoms with Crippen LogP contribution in [0.1, 0.15) is 6.42 Å². The highest BCUT2D eigenvalue weighted by atomic mass is 35.5. The molecule has 2 aliphatic heterocycles. The summed E-state index contributed by atoms with van der Waals surface area (Å²) in [4.78, 5) is 25.5. The maximum absolute atomic E-state index is 13.1. The molecule has 1 aromatic rings. The van der Waals surface area contributed by atoms with Gasteiger partial charge in [-0.2, -0.15) is 0 Å². The number of likely N-dealkylation sites (tertiary alicyclic amines) is 1. The van der Waals surface area contributed by atoms with Gasteiger partial charge in [-0.1, -0.05) is 11.6 Å². The zero-order valence-corrected chi connectivity index (χ0v) is 13.0. The molecule has 3 rings (SSSR count). The lowest BCUT2D eigenvalue weighted by Gasteiger charge is -2.33. The first-order valence-electron chi connectivity index (χ1n) is 7.24. The van der Waals surface area contributed by atoms with Crippen LogP contribution in [0.3, 0.4) is 0 Å². The van der Waals surface area contributed by atoms with Crippen molar-refractivity contribution < 1.29 is 23.8 Å². The maximum Gasteiger partial charge on any atom is 0.321 e. The second kappa shape index (κ2) is 5.98. The van der Waals surface area contributed by atoms with Gasteiger partial charge in [-0.3, -0.25) is 4.79 Å². The molecular formula is C15H16ClFN2O4. The van der Waals surface area contributed by atoms with E-state index in [4.69, 9.17) is 16.3 Å². The van der Waals surface area contributed by atoms with Gasteiger partial charge < -0.3 is 20.1 Å². The molecule has 1 aromatic carbocycles. The van der Waals surface area contributed by atoms with Crippen molar-refractivity contribution in [3.05, 3.63) is 29.0 Å². The molecule has 0 spiro atoms. The molecule has 0 radical (unpaired) electrons. The summed E-state index contributed by atoms with van der Waals surface area (Å²) in [5.41, 5.74) is -0.590. The first-order chi connectivity index (χ1) is 10.9. The fourth-order valence-electron chi connectivity index (χ4n) is 3.23. The van der Waals surface area contributed by atoms with Crippen molar-refractivity contribution in [1.29, 1.82) is 0 Å². The summed E-state index contributed by atoms with van der Waals surface area (Å²) in [7, 11) is 0. The van der Waals surface area contributed by atoms with E-state index < -0.39 is 23.2 Å². The Morgan fingerprint density at radius 3 is 2.91 bits per heavy atom. The van der Waals surface area contributed by atoms with Gasteiger partial charge in [-0.25, -0.2) is 9.18 Å². The van der Waals surface area contributed by atoms with Crippen molar-refractivity contribution >= 4 is 29.3 Å². The number of halogens is 2. The lowest BCUT2D eigenvalue weighted by Crippen LogP contribution is -2.45. The largest absolute Gasteiger partial charge is 0.481 e. The van der Waals surface area contributed by atoms with Gasteiger partial charge in [0.05, 0.1) is 17.0 Å². The first kappa shape index (κ1) is 16.0. The standard InChI is InChI=1S/C15H16ClFN2O4/c16-11-5-10(1-2-12(11)17)18-14(22)19-6-9-7-23-4-3-15(9,8-19)13(20)21/h1-2,5,9H,3-4,6-8H2,(H,18,22)(H,20,21)/t9-,15+/m1/s1. The van der Waals surface area contributed by atoms with Crippen molar-refractivity contribution in [2.75, 3.05) is 31.6 Å². The zero-order valence-electron chi connectivity index (χ0n) is 12.2. The SMILES string of the molecule is O=C(Nc1ccc(F)c(Cl)c1)N1C[C@@H]2COCC[C@]2(C(=O)O)C1. The molecule has 2 fully saturated rings. The van der Waals surface area contributed by atoms with Gasteiger partial charge in [-0.15, -0.1) is 0 Å². The summed E-state index contributed by atoms with van der Waals surface area (Å²) in [6, 6.07) is 3.45. The molecule has 2 N–H and O–H groups in total. The van der Waals surface area contributed by atoms with Gasteiger partial charge in [0.2, 0.25) is 0 Å². The monoisotopic (exact) mass is 342 g/mol. The highest BCUT2D eigenvalue weighted by Gasteiger charge is 2.54. The molecule has 23 heavy (non-hydrogen) atoms. The van der Waals surface area contributed by atoms with E-state index in [1.165, 1.54) is 17.0 Å². The number of hydrogen-bond donors (Lipinski definition) is 2. The van der Waals surface area contributed by atoms with Crippen LogP contribution in [0.25, 0.3) is 0 Å². The van der Waals surface area contributed by atoms with Crippen LogP contribution in [-0.2, 0) is 9.53 Å². The predicted octanol–water partition coefficient (Wildman–Crippen LogP) is 2.43. The Bertz CT molecular complexity index is 656. The second-order valence-electron chi connectivity index (χ2n) is 5.92. The number of carboxylic acids is 1. The minimum Gasteiger partial charge on any atom is -0.481 e. The number of amides is 2. The molecule has 2 aliphatic rings. The topological polar surface area (TPSA) is 78.9 Å². The summed E-state index contributed by atoms with van der Waals surface area (Å²) in [6.07, 6.45) is 0.388. The van der Waals surface area contributed by atoms with Crippen molar-refractivity contribution in [2.45, 2.75) is 6.42 Å². The fourth-order valence-corrected chi connectivity index (χ4v) is 3.41. The van der Waals surface area contributed by atoms with Crippen molar-refractivity contribution in [2.24, 2.45) is 11.3 Å². The summed E-state index contributed by atoms with van der Waals surface area (Å²) in [5.74, 6) is -1.69. The van der Waals surface area contributed by atoms with E-state index in [2.05, 4.69) is 5.32 Å². The van der Waals surface area contributed by atoms with Gasteiger partial charge in [0, 0.05) is 31.3 Å². The molecule has 0 aromatic heterocycles. The number of nitrogens with one attached hydrogen (secondary N) is 1. The van der Waals surface area contributed by atoms with E-state index in [-0.39, 0.29) is 17.5 Å². The van der Waals surface area contributed by atoms with E-state index in [1.807, 2.05) is 0 Å². The number of carboxylic acid groups (broad SMARTS) is 1. The number of anilines is 1. The van der Waals surface area contributed by atoms with Crippen LogP contribution in [-0.4, -0.2) is 48.3 Å². The Hall–Kier alpha value is -1.86. The molecular weight excluding hydrogens is 327 g/mol. The molecule has 2 heterocycles. The molecule has 8 heteroatoms. The predicted molar refractivity (Wildman–Crippen MR) is 81.0 cm³/mol. The highest BCUT2D eigenvalue weighted by molar-refractivity contribution is 6.31. The molecule has 6 nitrogen and oxygen atoms in total. The number of fused-ring (bicyclic) bond motifs is 1. The van der Waals surface area contributed by atoms with E-state index in [0.29, 0.717) is 31.9 Å². The number of urea groups is 1. The van der Waals surface area contributed by atoms with Crippen LogP contribution < -0.4 is 5.32 Å². The Morgan fingerprint density at radius 1 is 1.48 bits per heavy atom. The molecule has 0 aliphatic carbocycles. The molecule has 0 saturated carbocycles. The Balaban J connectivity index is 1.73. The second-order valence-corrected chi connectivity index (χ2v) is 6.33. The Labute approximate surface area is 137 Å². The molecule has 2 amide bonds. The number of benzene rings is 1. The average molecular weight is 343 g/mol. The quantitative estimate of drug-likeness (QED) is 0.865. The molecule has 0 bridgehead atoms. The van der Waals surface area contributed by atoms with Crippen molar-refractivity contribution in [1.82, 2.24) is 4.90 Å². The van der Waals surface area contributed by atoms with E-state index in [9.17, 15) is 19.1 Å². The zero-order chi connectivity index (χ0) is 16.6. The number of carbonyl (C=O) groups is 2. The number of rotatable bonds is 2. The van der Waals surface area contributed by atoms with Gasteiger partial charge in [0.15, 0.2) is 0 Å². The first-order valence-corrected chi connectivity index (χ1v) is 7.62. The minimum atomic E-state index is -0.948. The number of aliphatic carboxylic acids is 1. The number of carbonyl (C=O) groups excluding carboxylic acids is 1. The number of hydrogen-bond acceptors (Lipinski definition) is 3. The Kier molecular flexibility index (Phi) is 4.16. The maximum atomic E-state index is 13.1. The van der Waals surface area contributed by atoms with E-state index in [1.54, 1.807) is 0 Å². The van der Waals surface area contributed by atoms with Crippen LogP contribution in [0, 0.1) is 17.2 Å². The fraction of sp³-hybridized carbons (Fsp3) is 0.467. The third-order valence-corrected chi connectivity index (χ3v) is 4.88. The van der Waals surface area contributed by atoms with E-state index in [0.717, 1.165) is 6.07 Å². The van der Waals surface area contributed by atoms with Crippen LogP contribution in [0.15, 0.2) is 18.2 Å². The average Bonchev–Trinajstić information content (AvgIpc) is 2.92. The number of nitrogens with zero attached hydrogens (tertiary/aromatic N) is 1. The normalized spacial score (nSPS) is 26.7. The van der Waals surface area contributed by atoms with Crippen LogP contribution in [0.2, 0.25) is 5.02 Å². The summed E-state index contributed by atoms with van der Waals surface area (Å²) in [6.45, 7) is 1.16. The minimum absolute atomic E-state index is 0.0895. The Morgan fingerprint density at radius 2 is 2.26 bits per heavy atom. The smallest absolute Gasteiger partial charge is 0.321 e. The van der Waals surface area contributed by atoms with Crippen molar-refractivity contribution in [3.8, 4) is 0 Å². The lowest BCUT2D eigenvalue weighted by molar-refractivity contribution is -0.157. The molecule has 2 atom stereocenters. The van der Waals surface area contributed by atoms with Crippen LogP contribution in [0.5, 0.6) is 0 Å². The summed E-state index contributed by atoms with van der Waals surface area (Å²) >= 11 is 5.69. The van der Waals surface area contributed by atoms with Gasteiger partial charge in [0.25, 0.3) is 0 Å². The molecule has 124 valence electrons. The lowest BCUT2D eigenvalue weighted by atomic mass is 9.74.